The molecule has 5 aromatic rings. The summed E-state index contributed by atoms with van der Waals surface area (Å²) in [5, 5.41) is 8.16. The summed E-state index contributed by atoms with van der Waals surface area (Å²) in [6.45, 7) is 2.87. The first-order valence-corrected chi connectivity index (χ1v) is 13.7. The van der Waals surface area contributed by atoms with Gasteiger partial charge in [-0.25, -0.2) is 8.78 Å². The number of aromatic nitrogens is 3. The standard InChI is InChI=1S/C31H28F2N6O4/c1-16-22-11-20(32)6-8-26(22)43-29(16)17(2)36-31(42)25-12-21(33)14-38(25)27(40)15-39-24-7-5-18(19-4-3-9-35-13-19)10-23(24)28(37-39)30(34)41/h3-11,13,17,21,25H,12,14-15H2,1-2H3,(H2,34,41)(H,36,42). The predicted octanol–water partition coefficient (Wildman–Crippen LogP) is 4.21. The number of amides is 3. The van der Waals surface area contributed by atoms with E-state index in [1.807, 2.05) is 12.1 Å². The fourth-order valence-corrected chi connectivity index (χ4v) is 5.72. The van der Waals surface area contributed by atoms with Crippen LogP contribution in [0.25, 0.3) is 33.0 Å². The van der Waals surface area contributed by atoms with E-state index in [9.17, 15) is 23.2 Å². The normalized spacial score (nSPS) is 17.4. The van der Waals surface area contributed by atoms with Gasteiger partial charge in [0.15, 0.2) is 5.69 Å². The quantitative estimate of drug-likeness (QED) is 0.293. The second-order valence-corrected chi connectivity index (χ2v) is 10.7. The number of hydrogen-bond acceptors (Lipinski definition) is 6. The molecule has 0 aliphatic carbocycles. The number of nitrogens with zero attached hydrogens (tertiary/aromatic N) is 4. The van der Waals surface area contributed by atoms with E-state index in [2.05, 4.69) is 15.4 Å². The Balaban J connectivity index is 1.23. The first-order valence-electron chi connectivity index (χ1n) is 13.7. The Bertz CT molecular complexity index is 1890. The number of benzene rings is 2. The van der Waals surface area contributed by atoms with Gasteiger partial charge in [0.25, 0.3) is 5.91 Å². The number of furan rings is 1. The van der Waals surface area contributed by atoms with E-state index in [0.717, 1.165) is 11.1 Å². The van der Waals surface area contributed by atoms with E-state index < -0.39 is 41.8 Å². The van der Waals surface area contributed by atoms with Gasteiger partial charge in [-0.1, -0.05) is 12.1 Å². The number of carbonyl (C=O) groups is 3. The maximum absolute atomic E-state index is 14.6. The molecule has 4 heterocycles. The van der Waals surface area contributed by atoms with E-state index in [0.29, 0.717) is 33.2 Å². The van der Waals surface area contributed by atoms with Gasteiger partial charge in [-0.2, -0.15) is 5.10 Å². The van der Waals surface area contributed by atoms with Crippen LogP contribution < -0.4 is 11.1 Å². The molecule has 43 heavy (non-hydrogen) atoms. The van der Waals surface area contributed by atoms with Crippen LogP contribution in [0.5, 0.6) is 0 Å². The minimum absolute atomic E-state index is 0.0115. The summed E-state index contributed by atoms with van der Waals surface area (Å²) in [6.07, 6.45) is 1.76. The van der Waals surface area contributed by atoms with Crippen molar-refractivity contribution >= 4 is 39.6 Å². The van der Waals surface area contributed by atoms with Crippen molar-refractivity contribution in [2.45, 2.75) is 45.1 Å². The fraction of sp³-hybridized carbons (Fsp3) is 0.258. The molecule has 3 aromatic heterocycles. The third-order valence-electron chi connectivity index (χ3n) is 7.82. The molecule has 3 atom stereocenters. The highest BCUT2D eigenvalue weighted by Gasteiger charge is 2.40. The van der Waals surface area contributed by atoms with Crippen molar-refractivity contribution in [3.8, 4) is 11.1 Å². The Kier molecular flexibility index (Phi) is 7.12. The number of aryl methyl sites for hydroxylation is 1. The summed E-state index contributed by atoms with van der Waals surface area (Å²) in [6, 6.07) is 11.4. The number of nitrogens with one attached hydrogen (secondary N) is 1. The lowest BCUT2D eigenvalue weighted by atomic mass is 10.0. The van der Waals surface area contributed by atoms with Crippen LogP contribution in [0.2, 0.25) is 0 Å². The number of nitrogens with two attached hydrogens (primary N) is 1. The molecule has 3 N–H and O–H groups in total. The van der Waals surface area contributed by atoms with E-state index in [4.69, 9.17) is 10.2 Å². The van der Waals surface area contributed by atoms with Crippen molar-refractivity contribution in [3.05, 3.63) is 83.8 Å². The Morgan fingerprint density at radius 3 is 2.70 bits per heavy atom. The number of likely N-dealkylation sites (tertiary alicyclic amines) is 1. The maximum Gasteiger partial charge on any atom is 0.269 e. The van der Waals surface area contributed by atoms with Gasteiger partial charge >= 0.3 is 0 Å². The molecule has 12 heteroatoms. The van der Waals surface area contributed by atoms with E-state index in [1.54, 1.807) is 44.4 Å². The van der Waals surface area contributed by atoms with Gasteiger partial charge in [0, 0.05) is 40.7 Å². The zero-order valence-corrected chi connectivity index (χ0v) is 23.4. The topological polar surface area (TPSA) is 136 Å². The average molecular weight is 587 g/mol. The summed E-state index contributed by atoms with van der Waals surface area (Å²) in [5.41, 5.74) is 8.83. The highest BCUT2D eigenvalue weighted by Crippen LogP contribution is 2.31. The largest absolute Gasteiger partial charge is 0.459 e. The smallest absolute Gasteiger partial charge is 0.269 e. The SMILES string of the molecule is Cc1c(C(C)NC(=O)C2CC(F)CN2C(=O)Cn2nc(C(N)=O)c3cc(-c4cccnc4)ccc32)oc2ccc(F)cc12. The number of alkyl halides is 1. The third-order valence-corrected chi connectivity index (χ3v) is 7.82. The van der Waals surface area contributed by atoms with Crippen LogP contribution in [0, 0.1) is 12.7 Å². The van der Waals surface area contributed by atoms with E-state index in [1.165, 1.54) is 27.8 Å². The number of carbonyl (C=O) groups excluding carboxylic acids is 3. The van der Waals surface area contributed by atoms with Crippen LogP contribution in [0.4, 0.5) is 8.78 Å². The summed E-state index contributed by atoms with van der Waals surface area (Å²) in [7, 11) is 0. The molecule has 2 aromatic carbocycles. The Hall–Kier alpha value is -5.13. The summed E-state index contributed by atoms with van der Waals surface area (Å²) < 4.78 is 35.6. The Morgan fingerprint density at radius 2 is 1.95 bits per heavy atom. The molecule has 0 saturated carbocycles. The third kappa shape index (κ3) is 5.20. The molecule has 0 bridgehead atoms. The van der Waals surface area contributed by atoms with Crippen molar-refractivity contribution in [2.75, 3.05) is 6.54 Å². The van der Waals surface area contributed by atoms with Crippen molar-refractivity contribution in [1.29, 1.82) is 0 Å². The molecule has 10 nitrogen and oxygen atoms in total. The zero-order chi connectivity index (χ0) is 30.4. The maximum atomic E-state index is 14.6. The lowest BCUT2D eigenvalue weighted by Crippen LogP contribution is -2.47. The zero-order valence-electron chi connectivity index (χ0n) is 23.4. The lowest BCUT2D eigenvalue weighted by molar-refractivity contribution is -0.139. The van der Waals surface area contributed by atoms with Crippen LogP contribution >= 0.6 is 0 Å². The number of primary amides is 1. The number of halogens is 2. The van der Waals surface area contributed by atoms with Gasteiger partial charge in [0.1, 0.15) is 35.9 Å². The van der Waals surface area contributed by atoms with Crippen LogP contribution in [0.3, 0.4) is 0 Å². The Labute approximate surface area is 244 Å². The predicted molar refractivity (Wildman–Crippen MR) is 154 cm³/mol. The molecule has 3 amide bonds. The number of pyridine rings is 1. The monoisotopic (exact) mass is 586 g/mol. The van der Waals surface area contributed by atoms with Crippen LogP contribution in [0.1, 0.15) is 41.2 Å². The Morgan fingerprint density at radius 1 is 1.14 bits per heavy atom. The van der Waals surface area contributed by atoms with Gasteiger partial charge in [-0.05, 0) is 55.8 Å². The van der Waals surface area contributed by atoms with Gasteiger partial charge in [-0.15, -0.1) is 0 Å². The summed E-state index contributed by atoms with van der Waals surface area (Å²) >= 11 is 0. The first-order chi connectivity index (χ1) is 20.6. The minimum Gasteiger partial charge on any atom is -0.459 e. The highest BCUT2D eigenvalue weighted by molar-refractivity contribution is 6.05. The second-order valence-electron chi connectivity index (χ2n) is 10.7. The molecule has 3 unspecified atom stereocenters. The molecule has 6 rings (SSSR count). The minimum atomic E-state index is -1.40. The molecule has 1 fully saturated rings. The van der Waals surface area contributed by atoms with E-state index >= 15 is 0 Å². The summed E-state index contributed by atoms with van der Waals surface area (Å²) in [4.78, 5) is 44.4. The van der Waals surface area contributed by atoms with E-state index in [-0.39, 0.29) is 25.2 Å². The molecule has 1 aliphatic rings. The van der Waals surface area contributed by atoms with Crippen molar-refractivity contribution in [2.24, 2.45) is 5.73 Å². The highest BCUT2D eigenvalue weighted by atomic mass is 19.1. The molecule has 220 valence electrons. The molecule has 0 radical (unpaired) electrons. The van der Waals surface area contributed by atoms with Crippen molar-refractivity contribution in [3.63, 3.8) is 0 Å². The molecular weight excluding hydrogens is 558 g/mol. The molecule has 1 aliphatic heterocycles. The number of rotatable bonds is 7. The van der Waals surface area contributed by atoms with Crippen molar-refractivity contribution < 1.29 is 27.6 Å². The van der Waals surface area contributed by atoms with Gasteiger partial charge in [-0.3, -0.25) is 24.0 Å². The number of hydrogen-bond donors (Lipinski definition) is 2. The van der Waals surface area contributed by atoms with Gasteiger partial charge in [0.05, 0.1) is 18.1 Å². The average Bonchev–Trinajstić information content (AvgIpc) is 3.66. The molecule has 0 spiro atoms. The second kappa shape index (κ2) is 10.9. The van der Waals surface area contributed by atoms with Crippen molar-refractivity contribution in [1.82, 2.24) is 25.0 Å². The van der Waals surface area contributed by atoms with Gasteiger partial charge < -0.3 is 20.4 Å². The number of fused-ring (bicyclic) bond motifs is 2. The van der Waals surface area contributed by atoms with Gasteiger partial charge in [0.2, 0.25) is 11.8 Å². The summed E-state index contributed by atoms with van der Waals surface area (Å²) in [5.74, 6) is -1.82. The van der Waals surface area contributed by atoms with Crippen LogP contribution in [0.15, 0.2) is 65.3 Å². The fourth-order valence-electron chi connectivity index (χ4n) is 5.72. The molecular formula is C31H28F2N6O4. The lowest BCUT2D eigenvalue weighted by Gasteiger charge is -2.25. The van der Waals surface area contributed by atoms with Crippen LogP contribution in [-0.2, 0) is 16.1 Å². The first kappa shape index (κ1) is 28.0. The van der Waals surface area contributed by atoms with Crippen LogP contribution in [-0.4, -0.2) is 56.1 Å². The molecule has 1 saturated heterocycles.